The van der Waals surface area contributed by atoms with Crippen molar-refractivity contribution in [3.8, 4) is 0 Å². The molecule has 18 heavy (non-hydrogen) atoms. The molecule has 3 rings (SSSR count). The average Bonchev–Trinajstić information content (AvgIpc) is 3.01. The Labute approximate surface area is 104 Å². The van der Waals surface area contributed by atoms with Crippen molar-refractivity contribution < 1.29 is 14.7 Å². The molecular weight excluding hydrogens is 232 g/mol. The van der Waals surface area contributed by atoms with E-state index in [9.17, 15) is 14.7 Å². The van der Waals surface area contributed by atoms with Crippen LogP contribution in [0.5, 0.6) is 0 Å². The minimum atomic E-state index is -0.413. The van der Waals surface area contributed by atoms with Gasteiger partial charge in [0.1, 0.15) is 0 Å². The van der Waals surface area contributed by atoms with Crippen LogP contribution < -0.4 is 10.6 Å². The van der Waals surface area contributed by atoms with Crippen LogP contribution >= 0.6 is 0 Å². The van der Waals surface area contributed by atoms with Gasteiger partial charge < -0.3 is 15.7 Å². The van der Waals surface area contributed by atoms with Gasteiger partial charge in [0.2, 0.25) is 5.91 Å². The molecule has 1 aliphatic heterocycles. The molecular formula is C13H14N2O3. The summed E-state index contributed by atoms with van der Waals surface area (Å²) >= 11 is 0. The monoisotopic (exact) mass is 246 g/mol. The van der Waals surface area contributed by atoms with E-state index in [1.807, 2.05) is 0 Å². The highest BCUT2D eigenvalue weighted by Crippen LogP contribution is 2.35. The maximum absolute atomic E-state index is 12.0. The second-order valence-electron chi connectivity index (χ2n) is 4.99. The zero-order valence-corrected chi connectivity index (χ0v) is 9.82. The third-order valence-electron chi connectivity index (χ3n) is 3.53. The lowest BCUT2D eigenvalue weighted by Gasteiger charge is -2.14. The maximum atomic E-state index is 12.0. The van der Waals surface area contributed by atoms with Crippen LogP contribution in [0.4, 0.5) is 5.69 Å². The minimum absolute atomic E-state index is 0.0241. The molecule has 1 saturated carbocycles. The van der Waals surface area contributed by atoms with Crippen LogP contribution in [-0.4, -0.2) is 29.1 Å². The lowest BCUT2D eigenvalue weighted by Crippen LogP contribution is -2.39. The summed E-state index contributed by atoms with van der Waals surface area (Å²) in [6.45, 7) is -0.0241. The Morgan fingerprint density at radius 1 is 1.44 bits per heavy atom. The van der Waals surface area contributed by atoms with Crippen molar-refractivity contribution in [2.24, 2.45) is 0 Å². The van der Waals surface area contributed by atoms with Crippen LogP contribution in [0.3, 0.4) is 0 Å². The summed E-state index contributed by atoms with van der Waals surface area (Å²) in [7, 11) is 0. The zero-order chi connectivity index (χ0) is 12.8. The molecule has 0 saturated heterocycles. The highest BCUT2D eigenvalue weighted by atomic mass is 16.3. The number of rotatable bonds is 3. The third-order valence-corrected chi connectivity index (χ3v) is 3.53. The molecule has 0 aromatic heterocycles. The van der Waals surface area contributed by atoms with Gasteiger partial charge in [-0.05, 0) is 36.6 Å². The third kappa shape index (κ3) is 1.86. The first-order chi connectivity index (χ1) is 8.62. The summed E-state index contributed by atoms with van der Waals surface area (Å²) in [5.41, 5.74) is 1.75. The molecule has 1 aromatic carbocycles. The van der Waals surface area contributed by atoms with E-state index in [-0.39, 0.29) is 18.4 Å². The van der Waals surface area contributed by atoms with Crippen LogP contribution in [0.25, 0.3) is 0 Å². The molecule has 0 spiro atoms. The van der Waals surface area contributed by atoms with E-state index in [2.05, 4.69) is 10.6 Å². The van der Waals surface area contributed by atoms with Gasteiger partial charge in [-0.3, -0.25) is 9.59 Å². The number of anilines is 1. The summed E-state index contributed by atoms with van der Waals surface area (Å²) < 4.78 is 0. The number of hydrogen-bond donors (Lipinski definition) is 3. The number of fused-ring (bicyclic) bond motifs is 1. The summed E-state index contributed by atoms with van der Waals surface area (Å²) in [5.74, 6) is -0.236. The number of aliphatic hydroxyl groups is 1. The second-order valence-corrected chi connectivity index (χ2v) is 4.99. The van der Waals surface area contributed by atoms with E-state index in [0.29, 0.717) is 12.0 Å². The van der Waals surface area contributed by atoms with Crippen molar-refractivity contribution in [1.82, 2.24) is 5.32 Å². The lowest BCUT2D eigenvalue weighted by molar-refractivity contribution is -0.115. The number of carbonyl (C=O) groups excluding carboxylic acids is 2. The second kappa shape index (κ2) is 3.81. The minimum Gasteiger partial charge on any atom is -0.394 e. The standard InChI is InChI=1S/C13H14N2O3/c16-7-13(3-4-13)15-12(18)8-1-2-10-9(5-8)6-11(17)14-10/h1-2,5,16H,3-4,6-7H2,(H,14,17)(H,15,18). The molecule has 5 heteroatoms. The van der Waals surface area contributed by atoms with Crippen molar-refractivity contribution in [3.63, 3.8) is 0 Å². The molecule has 94 valence electrons. The first-order valence-corrected chi connectivity index (χ1v) is 5.98. The Hall–Kier alpha value is -1.88. The molecule has 5 nitrogen and oxygen atoms in total. The Morgan fingerprint density at radius 2 is 2.22 bits per heavy atom. The van der Waals surface area contributed by atoms with Crippen molar-refractivity contribution in [2.75, 3.05) is 11.9 Å². The molecule has 1 aromatic rings. The molecule has 1 fully saturated rings. The van der Waals surface area contributed by atoms with Gasteiger partial charge in [-0.25, -0.2) is 0 Å². The normalized spacial score (nSPS) is 19.1. The van der Waals surface area contributed by atoms with Gasteiger partial charge in [0.15, 0.2) is 0 Å². The van der Waals surface area contributed by atoms with Crippen molar-refractivity contribution in [2.45, 2.75) is 24.8 Å². The smallest absolute Gasteiger partial charge is 0.251 e. The van der Waals surface area contributed by atoms with Crippen molar-refractivity contribution >= 4 is 17.5 Å². The predicted molar refractivity (Wildman–Crippen MR) is 65.3 cm³/mol. The fraction of sp³-hybridized carbons (Fsp3) is 0.385. The van der Waals surface area contributed by atoms with Crippen LogP contribution in [-0.2, 0) is 11.2 Å². The highest BCUT2D eigenvalue weighted by molar-refractivity contribution is 6.01. The molecule has 3 N–H and O–H groups in total. The summed E-state index contributed by atoms with van der Waals surface area (Å²) in [6, 6.07) is 5.16. The number of hydrogen-bond acceptors (Lipinski definition) is 3. The average molecular weight is 246 g/mol. The Balaban J connectivity index is 1.79. The molecule has 0 atom stereocenters. The quantitative estimate of drug-likeness (QED) is 0.724. The highest BCUT2D eigenvalue weighted by Gasteiger charge is 2.43. The molecule has 0 radical (unpaired) electrons. The van der Waals surface area contributed by atoms with Crippen molar-refractivity contribution in [3.05, 3.63) is 29.3 Å². The summed E-state index contributed by atoms with van der Waals surface area (Å²) in [4.78, 5) is 23.2. The first-order valence-electron chi connectivity index (χ1n) is 5.98. The van der Waals surface area contributed by atoms with E-state index in [1.165, 1.54) is 0 Å². The SMILES string of the molecule is O=C1Cc2cc(C(=O)NC3(CO)CC3)ccc2N1. The van der Waals surface area contributed by atoms with Crippen molar-refractivity contribution in [1.29, 1.82) is 0 Å². The van der Waals surface area contributed by atoms with Gasteiger partial charge in [-0.1, -0.05) is 0 Å². The topological polar surface area (TPSA) is 78.4 Å². The van der Waals surface area contributed by atoms with Crippen LogP contribution in [0.2, 0.25) is 0 Å². The van der Waals surface area contributed by atoms with Crippen LogP contribution in [0, 0.1) is 0 Å². The molecule has 1 heterocycles. The molecule has 2 amide bonds. The predicted octanol–water partition coefficient (Wildman–Crippen LogP) is 0.436. The largest absolute Gasteiger partial charge is 0.394 e. The van der Waals surface area contributed by atoms with Gasteiger partial charge in [-0.2, -0.15) is 0 Å². The van der Waals surface area contributed by atoms with E-state index < -0.39 is 5.54 Å². The number of carbonyl (C=O) groups is 2. The number of amides is 2. The summed E-state index contributed by atoms with van der Waals surface area (Å²) in [5, 5.41) is 14.7. The molecule has 2 aliphatic rings. The van der Waals surface area contributed by atoms with Gasteiger partial charge >= 0.3 is 0 Å². The maximum Gasteiger partial charge on any atom is 0.251 e. The van der Waals surface area contributed by atoms with Crippen LogP contribution in [0.1, 0.15) is 28.8 Å². The first kappa shape index (κ1) is 11.2. The van der Waals surface area contributed by atoms with E-state index in [4.69, 9.17) is 0 Å². The van der Waals surface area contributed by atoms with E-state index in [0.717, 1.165) is 24.1 Å². The van der Waals surface area contributed by atoms with Gasteiger partial charge in [0, 0.05) is 11.3 Å². The molecule has 0 unspecified atom stereocenters. The fourth-order valence-corrected chi connectivity index (χ4v) is 2.16. The molecule has 0 bridgehead atoms. The van der Waals surface area contributed by atoms with Gasteiger partial charge in [-0.15, -0.1) is 0 Å². The zero-order valence-electron chi connectivity index (χ0n) is 9.82. The number of benzene rings is 1. The lowest BCUT2D eigenvalue weighted by atomic mass is 10.1. The molecule has 1 aliphatic carbocycles. The fourth-order valence-electron chi connectivity index (χ4n) is 2.16. The van der Waals surface area contributed by atoms with Gasteiger partial charge in [0.05, 0.1) is 18.6 Å². The van der Waals surface area contributed by atoms with E-state index in [1.54, 1.807) is 18.2 Å². The Bertz CT molecular complexity index is 535. The number of nitrogens with one attached hydrogen (secondary N) is 2. The summed E-state index contributed by atoms with van der Waals surface area (Å²) in [6.07, 6.45) is 1.96. The van der Waals surface area contributed by atoms with E-state index >= 15 is 0 Å². The van der Waals surface area contributed by atoms with Gasteiger partial charge in [0.25, 0.3) is 5.91 Å². The Morgan fingerprint density at radius 3 is 2.89 bits per heavy atom. The number of aliphatic hydroxyl groups excluding tert-OH is 1. The van der Waals surface area contributed by atoms with Crippen LogP contribution in [0.15, 0.2) is 18.2 Å². The Kier molecular flexibility index (Phi) is 2.38.